The lowest BCUT2D eigenvalue weighted by molar-refractivity contribution is -0.122. The minimum Gasteiger partial charge on any atom is -0.324 e. The molecule has 0 radical (unpaired) electrons. The zero-order valence-corrected chi connectivity index (χ0v) is 23.3. The van der Waals surface area contributed by atoms with E-state index in [4.69, 9.17) is 0 Å². The Morgan fingerprint density at radius 1 is 0.944 bits per heavy atom. The summed E-state index contributed by atoms with van der Waals surface area (Å²) < 4.78 is 0. The topological polar surface area (TPSA) is 64.7 Å². The SMILES string of the molecule is CCN(CCSCN1CCCCC1C(=O)Nc1c(C)cccc1C)CC(=O)Nc1c(C)cccc1C. The second-order valence-electron chi connectivity index (χ2n) is 9.80. The van der Waals surface area contributed by atoms with Gasteiger partial charge >= 0.3 is 0 Å². The van der Waals surface area contributed by atoms with Gasteiger partial charge in [0.25, 0.3) is 0 Å². The van der Waals surface area contributed by atoms with Crippen LogP contribution in [0.15, 0.2) is 36.4 Å². The van der Waals surface area contributed by atoms with Crippen LogP contribution in [0.5, 0.6) is 0 Å². The van der Waals surface area contributed by atoms with E-state index in [0.717, 1.165) is 84.2 Å². The number of nitrogens with one attached hydrogen (secondary N) is 2. The van der Waals surface area contributed by atoms with Crippen LogP contribution < -0.4 is 10.6 Å². The summed E-state index contributed by atoms with van der Waals surface area (Å²) in [5.41, 5.74) is 6.23. The lowest BCUT2D eigenvalue weighted by Crippen LogP contribution is -2.47. The summed E-state index contributed by atoms with van der Waals surface area (Å²) in [6.45, 7) is 13.2. The molecule has 2 aromatic carbocycles. The van der Waals surface area contributed by atoms with Gasteiger partial charge in [-0.25, -0.2) is 0 Å². The average Bonchev–Trinajstić information content (AvgIpc) is 2.86. The van der Waals surface area contributed by atoms with Crippen molar-refractivity contribution in [3.8, 4) is 0 Å². The highest BCUT2D eigenvalue weighted by molar-refractivity contribution is 7.99. The first-order chi connectivity index (χ1) is 17.3. The smallest absolute Gasteiger partial charge is 0.241 e. The Morgan fingerprint density at radius 2 is 1.53 bits per heavy atom. The van der Waals surface area contributed by atoms with Crippen LogP contribution in [0.1, 0.15) is 48.4 Å². The zero-order chi connectivity index (χ0) is 26.1. The fourth-order valence-corrected chi connectivity index (χ4v) is 5.84. The van der Waals surface area contributed by atoms with Crippen molar-refractivity contribution in [2.24, 2.45) is 0 Å². The summed E-state index contributed by atoms with van der Waals surface area (Å²) in [5, 5.41) is 6.29. The van der Waals surface area contributed by atoms with Crippen LogP contribution in [0.4, 0.5) is 11.4 Å². The molecule has 1 aliphatic heterocycles. The number of para-hydroxylation sites is 2. The molecule has 1 atom stereocenters. The van der Waals surface area contributed by atoms with E-state index >= 15 is 0 Å². The van der Waals surface area contributed by atoms with Crippen LogP contribution in [0, 0.1) is 27.7 Å². The number of benzene rings is 2. The third-order valence-corrected chi connectivity index (χ3v) is 8.00. The fraction of sp³-hybridized carbons (Fsp3) is 0.517. The first kappa shape index (κ1) is 28.2. The highest BCUT2D eigenvalue weighted by atomic mass is 32.2. The normalized spacial score (nSPS) is 16.2. The van der Waals surface area contributed by atoms with Crippen molar-refractivity contribution in [1.29, 1.82) is 0 Å². The van der Waals surface area contributed by atoms with Gasteiger partial charge in [0.1, 0.15) is 0 Å². The average molecular weight is 511 g/mol. The first-order valence-corrected chi connectivity index (χ1v) is 14.2. The summed E-state index contributed by atoms with van der Waals surface area (Å²) in [5.74, 6) is 1.88. The Labute approximate surface area is 221 Å². The summed E-state index contributed by atoms with van der Waals surface area (Å²) in [6.07, 6.45) is 3.12. The van der Waals surface area contributed by atoms with Crippen LogP contribution in [-0.4, -0.2) is 65.5 Å². The molecule has 7 heteroatoms. The number of rotatable bonds is 11. The van der Waals surface area contributed by atoms with E-state index in [9.17, 15) is 9.59 Å². The van der Waals surface area contributed by atoms with Gasteiger partial charge in [0.15, 0.2) is 0 Å². The Kier molecular flexibility index (Phi) is 10.8. The lowest BCUT2D eigenvalue weighted by atomic mass is 10.0. The molecule has 1 heterocycles. The zero-order valence-electron chi connectivity index (χ0n) is 22.5. The molecule has 2 amide bonds. The standard InChI is InChI=1S/C29H42N4O2S/c1-6-32(19-26(34)30-27-21(2)11-9-12-22(27)3)17-18-36-20-33-16-8-7-15-25(33)29(35)31-28-23(4)13-10-14-24(28)5/h9-14,25H,6-8,15-20H2,1-5H3,(H,30,34)(H,31,35). The predicted octanol–water partition coefficient (Wildman–Crippen LogP) is 5.36. The second kappa shape index (κ2) is 13.8. The minimum absolute atomic E-state index is 0.0264. The molecule has 2 aromatic rings. The highest BCUT2D eigenvalue weighted by Gasteiger charge is 2.29. The maximum absolute atomic E-state index is 13.2. The van der Waals surface area contributed by atoms with Crippen LogP contribution in [-0.2, 0) is 9.59 Å². The number of nitrogens with zero attached hydrogens (tertiary/aromatic N) is 2. The van der Waals surface area contributed by atoms with Crippen molar-refractivity contribution in [3.63, 3.8) is 0 Å². The van der Waals surface area contributed by atoms with Crippen molar-refractivity contribution >= 4 is 35.0 Å². The Hall–Kier alpha value is -2.35. The molecular weight excluding hydrogens is 468 g/mol. The number of likely N-dealkylation sites (tertiary alicyclic amines) is 1. The second-order valence-corrected chi connectivity index (χ2v) is 10.9. The molecule has 3 rings (SSSR count). The first-order valence-electron chi connectivity index (χ1n) is 13.1. The quantitative estimate of drug-likeness (QED) is 0.398. The summed E-state index contributed by atoms with van der Waals surface area (Å²) in [7, 11) is 0. The van der Waals surface area contributed by atoms with Crippen molar-refractivity contribution < 1.29 is 9.59 Å². The van der Waals surface area contributed by atoms with Crippen LogP contribution in [0.25, 0.3) is 0 Å². The van der Waals surface area contributed by atoms with Crippen molar-refractivity contribution in [3.05, 3.63) is 58.7 Å². The molecule has 0 aromatic heterocycles. The molecule has 6 nitrogen and oxygen atoms in total. The Balaban J connectivity index is 1.46. The molecule has 2 N–H and O–H groups in total. The van der Waals surface area contributed by atoms with Gasteiger partial charge in [-0.1, -0.05) is 49.7 Å². The summed E-state index contributed by atoms with van der Waals surface area (Å²) in [6, 6.07) is 12.1. The number of thioether (sulfide) groups is 1. The van der Waals surface area contributed by atoms with Gasteiger partial charge in [0.2, 0.25) is 11.8 Å². The Bertz CT molecular complexity index is 1000. The monoisotopic (exact) mass is 510 g/mol. The van der Waals surface area contributed by atoms with Gasteiger partial charge < -0.3 is 10.6 Å². The van der Waals surface area contributed by atoms with Gasteiger partial charge in [0, 0.05) is 29.5 Å². The largest absolute Gasteiger partial charge is 0.324 e. The molecule has 1 aliphatic rings. The molecular formula is C29H42N4O2S. The number of piperidine rings is 1. The summed E-state index contributed by atoms with van der Waals surface area (Å²) >= 11 is 1.85. The molecule has 1 fully saturated rings. The minimum atomic E-state index is -0.0873. The number of amides is 2. The van der Waals surface area contributed by atoms with Gasteiger partial charge in [-0.15, -0.1) is 11.8 Å². The lowest BCUT2D eigenvalue weighted by Gasteiger charge is -2.34. The van der Waals surface area contributed by atoms with Crippen LogP contribution in [0.3, 0.4) is 0 Å². The van der Waals surface area contributed by atoms with Crippen molar-refractivity contribution in [1.82, 2.24) is 9.80 Å². The number of carbonyl (C=O) groups excluding carboxylic acids is 2. The predicted molar refractivity (Wildman–Crippen MR) is 153 cm³/mol. The van der Waals surface area contributed by atoms with Crippen LogP contribution in [0.2, 0.25) is 0 Å². The van der Waals surface area contributed by atoms with E-state index in [-0.39, 0.29) is 17.9 Å². The van der Waals surface area contributed by atoms with E-state index in [0.29, 0.717) is 6.54 Å². The van der Waals surface area contributed by atoms with Gasteiger partial charge in [-0.05, 0) is 75.9 Å². The number of hydrogen-bond donors (Lipinski definition) is 2. The third-order valence-electron chi connectivity index (χ3n) is 7.01. The number of carbonyl (C=O) groups is 2. The molecule has 0 saturated carbocycles. The van der Waals surface area contributed by atoms with Gasteiger partial charge in [0.05, 0.1) is 12.6 Å². The molecule has 1 saturated heterocycles. The number of aryl methyl sites for hydroxylation is 4. The summed E-state index contributed by atoms with van der Waals surface area (Å²) in [4.78, 5) is 30.3. The molecule has 1 unspecified atom stereocenters. The molecule has 0 aliphatic carbocycles. The van der Waals surface area contributed by atoms with Crippen molar-refractivity contribution in [2.45, 2.75) is 59.9 Å². The van der Waals surface area contributed by atoms with E-state index in [1.54, 1.807) is 0 Å². The highest BCUT2D eigenvalue weighted by Crippen LogP contribution is 2.24. The number of likely N-dealkylation sites (N-methyl/N-ethyl adjacent to an activating group) is 1. The van der Waals surface area contributed by atoms with Gasteiger partial charge in [-0.3, -0.25) is 19.4 Å². The van der Waals surface area contributed by atoms with Gasteiger partial charge in [-0.2, -0.15) is 0 Å². The molecule has 196 valence electrons. The number of hydrogen-bond acceptors (Lipinski definition) is 5. The van der Waals surface area contributed by atoms with Crippen LogP contribution >= 0.6 is 11.8 Å². The fourth-order valence-electron chi connectivity index (χ4n) is 4.78. The molecule has 36 heavy (non-hydrogen) atoms. The van der Waals surface area contributed by atoms with E-state index in [1.165, 1.54) is 0 Å². The van der Waals surface area contributed by atoms with Crippen molar-refractivity contribution in [2.75, 3.05) is 48.4 Å². The maximum atomic E-state index is 13.2. The number of anilines is 2. The maximum Gasteiger partial charge on any atom is 0.241 e. The third kappa shape index (κ3) is 7.82. The molecule has 0 bridgehead atoms. The van der Waals surface area contributed by atoms with E-state index in [1.807, 2.05) is 75.9 Å². The van der Waals surface area contributed by atoms with E-state index in [2.05, 4.69) is 27.4 Å². The molecule has 0 spiro atoms. The Morgan fingerprint density at radius 3 is 2.11 bits per heavy atom. The van der Waals surface area contributed by atoms with E-state index < -0.39 is 0 Å².